The monoisotopic (exact) mass is 520 g/mol. The predicted octanol–water partition coefficient (Wildman–Crippen LogP) is 3.29. The fourth-order valence-electron chi connectivity index (χ4n) is 5.82. The Morgan fingerprint density at radius 2 is 1.74 bits per heavy atom. The lowest BCUT2D eigenvalue weighted by Crippen LogP contribution is -2.57. The first kappa shape index (κ1) is 27.8. The lowest BCUT2D eigenvalue weighted by molar-refractivity contribution is -0.138. The molecule has 0 aromatic heterocycles. The van der Waals surface area contributed by atoms with E-state index in [0.29, 0.717) is 37.8 Å². The van der Waals surface area contributed by atoms with Gasteiger partial charge in [-0.25, -0.2) is 0 Å². The van der Waals surface area contributed by atoms with Crippen LogP contribution in [-0.2, 0) is 4.79 Å². The Balaban J connectivity index is 1.61. The Morgan fingerprint density at radius 1 is 1.00 bits per heavy atom. The number of phenols is 1. The zero-order chi connectivity index (χ0) is 27.2. The summed E-state index contributed by atoms with van der Waals surface area (Å²) in [6, 6.07) is 15.7. The van der Waals surface area contributed by atoms with Crippen LogP contribution in [0.1, 0.15) is 47.8 Å². The molecule has 1 amide bonds. The summed E-state index contributed by atoms with van der Waals surface area (Å²) in [6.07, 6.45) is 2.69. The molecule has 2 aliphatic heterocycles. The van der Waals surface area contributed by atoms with Crippen molar-refractivity contribution in [3.63, 3.8) is 0 Å². The second-order valence-corrected chi connectivity index (χ2v) is 10.6. The van der Waals surface area contributed by atoms with Crippen molar-refractivity contribution in [2.75, 3.05) is 52.4 Å². The van der Waals surface area contributed by atoms with Crippen molar-refractivity contribution in [3.05, 3.63) is 77.9 Å². The number of carbonyl (C=O) groups excluding carboxylic acids is 1. The average molecular weight is 521 g/mol. The molecule has 2 aromatic rings. The summed E-state index contributed by atoms with van der Waals surface area (Å²) in [4.78, 5) is 33.3. The lowest BCUT2D eigenvalue weighted by atomic mass is 9.92. The van der Waals surface area contributed by atoms with Gasteiger partial charge in [-0.3, -0.25) is 24.3 Å². The van der Waals surface area contributed by atoms with Crippen LogP contribution in [0.3, 0.4) is 0 Å². The van der Waals surface area contributed by atoms with Gasteiger partial charge in [0.25, 0.3) is 5.91 Å². The molecule has 0 bridgehead atoms. The van der Waals surface area contributed by atoms with Gasteiger partial charge in [0.05, 0.1) is 12.6 Å². The highest BCUT2D eigenvalue weighted by Gasteiger charge is 2.35. The van der Waals surface area contributed by atoms with Crippen LogP contribution in [0.25, 0.3) is 0 Å². The minimum atomic E-state index is -0.843. The number of carboxylic acid groups (broad SMARTS) is 1. The zero-order valence-electron chi connectivity index (χ0n) is 22.5. The van der Waals surface area contributed by atoms with Crippen molar-refractivity contribution in [2.24, 2.45) is 0 Å². The SMILES string of the molecule is C=CCN1C[C@H](C)N([C@H](c2cccc(O)c2)c2cccc(C(=O)N3CCCN(CC(=O)O)CC3)c2)C[C@H]1C. The highest BCUT2D eigenvalue weighted by molar-refractivity contribution is 5.94. The highest BCUT2D eigenvalue weighted by atomic mass is 16.4. The first-order valence-electron chi connectivity index (χ1n) is 13.5. The van der Waals surface area contributed by atoms with E-state index < -0.39 is 5.97 Å². The quantitative estimate of drug-likeness (QED) is 0.517. The molecule has 0 aliphatic carbocycles. The van der Waals surface area contributed by atoms with Crippen LogP contribution in [0.4, 0.5) is 0 Å². The molecule has 3 atom stereocenters. The summed E-state index contributed by atoms with van der Waals surface area (Å²) in [7, 11) is 0. The molecule has 2 fully saturated rings. The summed E-state index contributed by atoms with van der Waals surface area (Å²) in [6.45, 7) is 13.3. The number of amides is 1. The predicted molar refractivity (Wildman–Crippen MR) is 148 cm³/mol. The first-order valence-corrected chi connectivity index (χ1v) is 13.5. The number of hydrogen-bond acceptors (Lipinski definition) is 6. The van der Waals surface area contributed by atoms with Crippen molar-refractivity contribution in [2.45, 2.75) is 38.4 Å². The Kier molecular flexibility index (Phi) is 9.20. The zero-order valence-corrected chi connectivity index (χ0v) is 22.5. The largest absolute Gasteiger partial charge is 0.508 e. The fraction of sp³-hybridized carbons (Fsp3) is 0.467. The molecule has 2 N–H and O–H groups in total. The molecular formula is C30H40N4O4. The molecule has 0 unspecified atom stereocenters. The van der Waals surface area contributed by atoms with Gasteiger partial charge in [-0.05, 0) is 55.7 Å². The van der Waals surface area contributed by atoms with Gasteiger partial charge < -0.3 is 15.1 Å². The minimum absolute atomic E-state index is 0.000212. The number of nitrogens with zero attached hydrogens (tertiary/aromatic N) is 4. The van der Waals surface area contributed by atoms with Crippen LogP contribution in [0.15, 0.2) is 61.2 Å². The van der Waals surface area contributed by atoms with Crippen molar-refractivity contribution in [1.82, 2.24) is 19.6 Å². The maximum absolute atomic E-state index is 13.6. The molecular weight excluding hydrogens is 480 g/mol. The summed E-state index contributed by atoms with van der Waals surface area (Å²) < 4.78 is 0. The number of carboxylic acids is 1. The van der Waals surface area contributed by atoms with Gasteiger partial charge in [0, 0.05) is 63.5 Å². The van der Waals surface area contributed by atoms with Crippen molar-refractivity contribution in [1.29, 1.82) is 0 Å². The van der Waals surface area contributed by atoms with Gasteiger partial charge >= 0.3 is 5.97 Å². The molecule has 2 aliphatic rings. The number of aromatic hydroxyl groups is 1. The van der Waals surface area contributed by atoms with Gasteiger partial charge in [-0.15, -0.1) is 6.58 Å². The molecule has 8 nitrogen and oxygen atoms in total. The van der Waals surface area contributed by atoms with Gasteiger partial charge in [-0.1, -0.05) is 30.3 Å². The van der Waals surface area contributed by atoms with Gasteiger partial charge in [0.1, 0.15) is 5.75 Å². The van der Waals surface area contributed by atoms with E-state index in [9.17, 15) is 14.7 Å². The maximum Gasteiger partial charge on any atom is 0.317 e. The number of phenolic OH excluding ortho intramolecular Hbond substituents is 1. The van der Waals surface area contributed by atoms with E-state index >= 15 is 0 Å². The fourth-order valence-corrected chi connectivity index (χ4v) is 5.82. The first-order chi connectivity index (χ1) is 18.3. The number of carbonyl (C=O) groups is 2. The van der Waals surface area contributed by atoms with E-state index in [1.807, 2.05) is 52.3 Å². The van der Waals surface area contributed by atoms with Crippen LogP contribution in [-0.4, -0.2) is 106 Å². The third kappa shape index (κ3) is 6.62. The molecule has 0 radical (unpaired) electrons. The molecule has 204 valence electrons. The van der Waals surface area contributed by atoms with E-state index in [-0.39, 0.29) is 30.3 Å². The second-order valence-electron chi connectivity index (χ2n) is 10.6. The Morgan fingerprint density at radius 3 is 2.45 bits per heavy atom. The van der Waals surface area contributed by atoms with Gasteiger partial charge in [-0.2, -0.15) is 0 Å². The minimum Gasteiger partial charge on any atom is -0.508 e. The Labute approximate surface area is 225 Å². The number of rotatable bonds is 8. The maximum atomic E-state index is 13.6. The molecule has 2 aromatic carbocycles. The van der Waals surface area contributed by atoms with E-state index in [1.54, 1.807) is 6.07 Å². The van der Waals surface area contributed by atoms with Crippen molar-refractivity contribution < 1.29 is 19.8 Å². The molecule has 0 saturated carbocycles. The number of aliphatic carboxylic acids is 1. The van der Waals surface area contributed by atoms with Gasteiger partial charge in [0.15, 0.2) is 0 Å². The molecule has 2 saturated heterocycles. The van der Waals surface area contributed by atoms with E-state index in [1.165, 1.54) is 0 Å². The van der Waals surface area contributed by atoms with E-state index in [2.05, 4.69) is 36.3 Å². The number of piperazine rings is 1. The van der Waals surface area contributed by atoms with Crippen molar-refractivity contribution >= 4 is 11.9 Å². The Hall–Kier alpha value is -3.20. The van der Waals surface area contributed by atoms with E-state index in [0.717, 1.165) is 37.2 Å². The molecule has 38 heavy (non-hydrogen) atoms. The highest BCUT2D eigenvalue weighted by Crippen LogP contribution is 2.35. The van der Waals surface area contributed by atoms with E-state index in [4.69, 9.17) is 5.11 Å². The third-order valence-electron chi connectivity index (χ3n) is 7.73. The smallest absolute Gasteiger partial charge is 0.317 e. The Bertz CT molecular complexity index is 1140. The number of benzene rings is 2. The summed E-state index contributed by atoms with van der Waals surface area (Å²) in [5.41, 5.74) is 2.63. The topological polar surface area (TPSA) is 87.6 Å². The van der Waals surface area contributed by atoms with Gasteiger partial charge in [0.2, 0.25) is 0 Å². The van der Waals surface area contributed by atoms with Crippen molar-refractivity contribution in [3.8, 4) is 5.75 Å². The lowest BCUT2D eigenvalue weighted by Gasteiger charge is -2.47. The standard InChI is InChI=1S/C30H40N4O4/c1-4-12-33-19-23(3)34(20-22(33)2)29(25-9-6-11-27(35)18-25)24-8-5-10-26(17-24)30(38)32-14-7-13-31(15-16-32)21-28(36)37/h4-6,8-11,17-18,22-23,29,35H,1,7,12-16,19-21H2,2-3H3,(H,36,37)/t22-,23+,29+/m1/s1. The summed E-state index contributed by atoms with van der Waals surface area (Å²) in [5, 5.41) is 19.5. The molecule has 8 heteroatoms. The van der Waals surface area contributed by atoms with Crippen LogP contribution in [0.2, 0.25) is 0 Å². The normalized spacial score (nSPS) is 22.5. The summed E-state index contributed by atoms with van der Waals surface area (Å²) >= 11 is 0. The summed E-state index contributed by atoms with van der Waals surface area (Å²) in [5.74, 6) is -0.651. The molecule has 0 spiro atoms. The van der Waals surface area contributed by atoms with Crippen LogP contribution < -0.4 is 0 Å². The third-order valence-corrected chi connectivity index (χ3v) is 7.73. The van der Waals surface area contributed by atoms with Crippen LogP contribution >= 0.6 is 0 Å². The van der Waals surface area contributed by atoms with Crippen LogP contribution in [0, 0.1) is 0 Å². The second kappa shape index (κ2) is 12.6. The molecule has 2 heterocycles. The average Bonchev–Trinajstić information content (AvgIpc) is 3.12. The molecule has 4 rings (SSSR count). The van der Waals surface area contributed by atoms with Crippen LogP contribution in [0.5, 0.6) is 5.75 Å². The number of hydrogen-bond donors (Lipinski definition) is 2.